The number of H-pyrrole nitrogens is 1. The second kappa shape index (κ2) is 7.05. The largest absolute Gasteiger partial charge is 0.491 e. The average Bonchev–Trinajstić information content (AvgIpc) is 3.28. The lowest BCUT2D eigenvalue weighted by Gasteiger charge is -2.02. The van der Waals surface area contributed by atoms with Crippen LogP contribution in [0.3, 0.4) is 0 Å². The number of thiazole rings is 1. The number of aromatic amines is 1. The highest BCUT2D eigenvalue weighted by Crippen LogP contribution is 2.31. The topological polar surface area (TPSA) is 42.3 Å². The van der Waals surface area contributed by atoms with Crippen LogP contribution in [0.25, 0.3) is 26.6 Å². The Kier molecular flexibility index (Phi) is 4.85. The Hall–Kier alpha value is -2.34. The molecule has 3 heterocycles. The van der Waals surface area contributed by atoms with Gasteiger partial charge in [-0.3, -0.25) is 4.40 Å². The lowest BCUT2D eigenvalue weighted by Crippen LogP contribution is -1.98. The van der Waals surface area contributed by atoms with Gasteiger partial charge in [-0.2, -0.15) is 0 Å². The second-order valence-corrected chi connectivity index (χ2v) is 6.11. The van der Waals surface area contributed by atoms with Crippen LogP contribution in [0.5, 0.6) is 5.75 Å². The van der Waals surface area contributed by atoms with Crippen molar-refractivity contribution in [1.82, 2.24) is 14.4 Å². The van der Waals surface area contributed by atoms with E-state index in [2.05, 4.69) is 14.4 Å². The quantitative estimate of drug-likeness (QED) is 0.550. The Morgan fingerprint density at radius 1 is 1.25 bits per heavy atom. The Labute approximate surface area is 143 Å². The van der Waals surface area contributed by atoms with Crippen LogP contribution in [0, 0.1) is 6.92 Å². The summed E-state index contributed by atoms with van der Waals surface area (Å²) in [4.78, 5) is 8.90. The summed E-state index contributed by atoms with van der Waals surface area (Å²) in [7, 11) is 0. The van der Waals surface area contributed by atoms with E-state index in [0.717, 1.165) is 32.3 Å². The monoisotopic (exact) mass is 345 g/mol. The molecule has 24 heavy (non-hydrogen) atoms. The molecular weight excluding hydrogens is 325 g/mol. The molecule has 1 N–H and O–H groups in total. The van der Waals surface area contributed by atoms with Gasteiger partial charge < -0.3 is 9.72 Å². The van der Waals surface area contributed by atoms with Gasteiger partial charge in [0.1, 0.15) is 24.7 Å². The molecule has 4 nitrogen and oxygen atoms in total. The summed E-state index contributed by atoms with van der Waals surface area (Å²) >= 11 is 1.60. The number of hydrogen-bond donors (Lipinski definition) is 1. The van der Waals surface area contributed by atoms with Crippen LogP contribution >= 0.6 is 11.3 Å². The average molecular weight is 345 g/mol. The number of rotatable bonds is 4. The van der Waals surface area contributed by atoms with Gasteiger partial charge in [0.15, 0.2) is 4.96 Å². The number of aryl methyl sites for hydroxylation is 1. The summed E-state index contributed by atoms with van der Waals surface area (Å²) in [5.74, 6) is 0.690. The minimum Gasteiger partial charge on any atom is -0.491 e. The summed E-state index contributed by atoms with van der Waals surface area (Å²) in [6.45, 7) is 5.63. The number of nitrogens with one attached hydrogen (secondary N) is 1. The number of fused-ring (bicyclic) bond motifs is 3. The molecule has 6 heteroatoms. The van der Waals surface area contributed by atoms with Crippen molar-refractivity contribution < 1.29 is 9.13 Å². The lowest BCUT2D eigenvalue weighted by molar-refractivity contribution is 0.273. The van der Waals surface area contributed by atoms with Crippen LogP contribution < -0.4 is 4.74 Å². The fourth-order valence-electron chi connectivity index (χ4n) is 2.51. The highest BCUT2D eigenvalue weighted by atomic mass is 32.1. The molecule has 0 aliphatic heterocycles. The number of alkyl halides is 1. The predicted octanol–water partition coefficient (Wildman–Crippen LogP) is 5.23. The van der Waals surface area contributed by atoms with E-state index in [1.165, 1.54) is 0 Å². The summed E-state index contributed by atoms with van der Waals surface area (Å²) in [6.07, 6.45) is 2.03. The Bertz CT molecular complexity index is 954. The molecule has 0 radical (unpaired) electrons. The lowest BCUT2D eigenvalue weighted by atomic mass is 10.3. The molecule has 126 valence electrons. The molecule has 0 saturated heterocycles. The first-order chi connectivity index (χ1) is 11.7. The van der Waals surface area contributed by atoms with Crippen molar-refractivity contribution >= 4 is 26.5 Å². The molecule has 3 aromatic heterocycles. The van der Waals surface area contributed by atoms with E-state index in [1.54, 1.807) is 11.3 Å². The molecule has 0 amide bonds. The van der Waals surface area contributed by atoms with Crippen molar-refractivity contribution in [3.8, 4) is 17.1 Å². The molecular formula is C18H20FN3OS. The maximum absolute atomic E-state index is 12.2. The SMILES string of the molecule is CC.Cc1ccc(-c2cn3c(n2)sc2cc(OCCF)ccc23)[nH]1. The number of nitrogens with zero attached hydrogens (tertiary/aromatic N) is 2. The third-order valence-corrected chi connectivity index (χ3v) is 4.54. The van der Waals surface area contributed by atoms with E-state index in [0.29, 0.717) is 5.75 Å². The zero-order valence-electron chi connectivity index (χ0n) is 14.0. The predicted molar refractivity (Wildman–Crippen MR) is 97.9 cm³/mol. The zero-order chi connectivity index (χ0) is 17.1. The van der Waals surface area contributed by atoms with Crippen LogP contribution in [-0.4, -0.2) is 27.7 Å². The van der Waals surface area contributed by atoms with Gasteiger partial charge in [-0.05, 0) is 37.3 Å². The molecule has 0 atom stereocenters. The molecule has 1 aromatic carbocycles. The number of benzene rings is 1. The number of imidazole rings is 1. The standard InChI is InChI=1S/C16H14FN3OS.C2H6/c1-10-2-4-12(18-10)13-9-20-14-5-3-11(21-7-6-17)8-15(14)22-16(20)19-13;1-2/h2-5,8-9,18H,6-7H2,1H3;1-2H3. The van der Waals surface area contributed by atoms with Gasteiger partial charge in [-0.25, -0.2) is 9.37 Å². The highest BCUT2D eigenvalue weighted by Gasteiger charge is 2.11. The van der Waals surface area contributed by atoms with E-state index >= 15 is 0 Å². The number of aromatic nitrogens is 3. The van der Waals surface area contributed by atoms with Crippen molar-refractivity contribution in [2.24, 2.45) is 0 Å². The first-order valence-electron chi connectivity index (χ1n) is 8.01. The summed E-state index contributed by atoms with van der Waals surface area (Å²) in [6, 6.07) is 9.85. The Morgan fingerprint density at radius 2 is 2.08 bits per heavy atom. The minimum atomic E-state index is -0.481. The third-order valence-electron chi connectivity index (χ3n) is 3.52. The molecule has 0 fully saturated rings. The van der Waals surface area contributed by atoms with Crippen molar-refractivity contribution in [3.05, 3.63) is 42.2 Å². The smallest absolute Gasteiger partial charge is 0.195 e. The summed E-state index contributed by atoms with van der Waals surface area (Å²) in [5, 5.41) is 0. The van der Waals surface area contributed by atoms with Crippen LogP contribution in [0.1, 0.15) is 19.5 Å². The first kappa shape index (κ1) is 16.5. The van der Waals surface area contributed by atoms with Gasteiger partial charge in [0.05, 0.1) is 15.9 Å². The van der Waals surface area contributed by atoms with Gasteiger partial charge in [0, 0.05) is 11.9 Å². The van der Waals surface area contributed by atoms with Crippen LogP contribution in [0.15, 0.2) is 36.5 Å². The van der Waals surface area contributed by atoms with Gasteiger partial charge in [0.2, 0.25) is 0 Å². The van der Waals surface area contributed by atoms with E-state index in [4.69, 9.17) is 4.74 Å². The second-order valence-electron chi connectivity index (χ2n) is 5.10. The van der Waals surface area contributed by atoms with E-state index in [-0.39, 0.29) is 6.61 Å². The van der Waals surface area contributed by atoms with Crippen LogP contribution in [0.2, 0.25) is 0 Å². The fourth-order valence-corrected chi connectivity index (χ4v) is 3.55. The summed E-state index contributed by atoms with van der Waals surface area (Å²) < 4.78 is 20.7. The van der Waals surface area contributed by atoms with Crippen molar-refractivity contribution in [2.75, 3.05) is 13.3 Å². The zero-order valence-corrected chi connectivity index (χ0v) is 14.8. The Morgan fingerprint density at radius 3 is 2.79 bits per heavy atom. The molecule has 0 spiro atoms. The minimum absolute atomic E-state index is 0.0876. The number of hydrogen-bond acceptors (Lipinski definition) is 3. The molecule has 0 bridgehead atoms. The van der Waals surface area contributed by atoms with Gasteiger partial charge in [-0.15, -0.1) is 0 Å². The molecule has 0 aliphatic carbocycles. The van der Waals surface area contributed by atoms with Gasteiger partial charge in [-0.1, -0.05) is 25.2 Å². The summed E-state index contributed by atoms with van der Waals surface area (Å²) in [5.41, 5.74) is 4.14. The van der Waals surface area contributed by atoms with Crippen LogP contribution in [-0.2, 0) is 0 Å². The highest BCUT2D eigenvalue weighted by molar-refractivity contribution is 7.23. The van der Waals surface area contributed by atoms with Crippen LogP contribution in [0.4, 0.5) is 4.39 Å². The normalized spacial score (nSPS) is 10.8. The maximum Gasteiger partial charge on any atom is 0.195 e. The first-order valence-corrected chi connectivity index (χ1v) is 8.82. The van der Waals surface area contributed by atoms with Crippen molar-refractivity contribution in [1.29, 1.82) is 0 Å². The van der Waals surface area contributed by atoms with Crippen molar-refractivity contribution in [3.63, 3.8) is 0 Å². The number of ether oxygens (including phenoxy) is 1. The molecule has 4 rings (SSSR count). The van der Waals surface area contributed by atoms with E-state index < -0.39 is 6.67 Å². The maximum atomic E-state index is 12.2. The van der Waals surface area contributed by atoms with Crippen molar-refractivity contribution in [2.45, 2.75) is 20.8 Å². The number of halogens is 1. The molecule has 4 aromatic rings. The molecule has 0 aliphatic rings. The van der Waals surface area contributed by atoms with Gasteiger partial charge >= 0.3 is 0 Å². The molecule has 0 unspecified atom stereocenters. The van der Waals surface area contributed by atoms with Gasteiger partial charge in [0.25, 0.3) is 0 Å². The Balaban J connectivity index is 0.000000815. The fraction of sp³-hybridized carbons (Fsp3) is 0.278. The van der Waals surface area contributed by atoms with E-state index in [1.807, 2.05) is 57.3 Å². The third kappa shape index (κ3) is 3.01. The molecule has 0 saturated carbocycles. The van der Waals surface area contributed by atoms with E-state index in [9.17, 15) is 4.39 Å².